The Morgan fingerprint density at radius 1 is 1.24 bits per heavy atom. The maximum atomic E-state index is 11.2. The van der Waals surface area contributed by atoms with E-state index in [2.05, 4.69) is 17.4 Å². The minimum atomic E-state index is -0.400. The summed E-state index contributed by atoms with van der Waals surface area (Å²) in [7, 11) is 0. The molecular weight excluding hydrogens is 264 g/mol. The molecule has 1 amide bonds. The lowest BCUT2D eigenvalue weighted by Gasteiger charge is -2.26. The van der Waals surface area contributed by atoms with E-state index in [1.807, 2.05) is 30.3 Å². The Morgan fingerprint density at radius 3 is 2.95 bits per heavy atom. The lowest BCUT2D eigenvalue weighted by atomic mass is 9.99. The number of ether oxygens (including phenoxy) is 1. The van der Waals surface area contributed by atoms with Crippen LogP contribution in [0.15, 0.2) is 48.5 Å². The molecule has 0 bridgehead atoms. The molecule has 4 nitrogen and oxygen atoms in total. The third-order valence-electron chi connectivity index (χ3n) is 3.74. The zero-order valence-corrected chi connectivity index (χ0v) is 11.7. The Kier molecular flexibility index (Phi) is 3.99. The van der Waals surface area contributed by atoms with Gasteiger partial charge in [0.1, 0.15) is 0 Å². The molecule has 0 fully saturated rings. The second-order valence-corrected chi connectivity index (χ2v) is 5.21. The smallest absolute Gasteiger partial charge is 0.248 e. The molecule has 2 aromatic rings. The van der Waals surface area contributed by atoms with Gasteiger partial charge in [0.15, 0.2) is 0 Å². The first kappa shape index (κ1) is 13.8. The number of fused-ring (bicyclic) bond motifs is 1. The zero-order valence-electron chi connectivity index (χ0n) is 11.7. The molecule has 1 atom stereocenters. The number of carbonyl (C=O) groups is 1. The van der Waals surface area contributed by atoms with Crippen molar-refractivity contribution in [2.24, 2.45) is 5.73 Å². The van der Waals surface area contributed by atoms with Crippen LogP contribution in [0, 0.1) is 0 Å². The van der Waals surface area contributed by atoms with E-state index in [4.69, 9.17) is 10.5 Å². The van der Waals surface area contributed by atoms with Crippen molar-refractivity contribution < 1.29 is 9.53 Å². The van der Waals surface area contributed by atoms with Gasteiger partial charge in [-0.15, -0.1) is 0 Å². The highest BCUT2D eigenvalue weighted by molar-refractivity contribution is 5.92. The van der Waals surface area contributed by atoms with E-state index < -0.39 is 5.91 Å². The molecule has 0 spiro atoms. The molecule has 108 valence electrons. The van der Waals surface area contributed by atoms with Crippen LogP contribution in [0.4, 0.5) is 0 Å². The molecule has 1 aliphatic heterocycles. The second-order valence-electron chi connectivity index (χ2n) is 5.21. The van der Waals surface area contributed by atoms with Crippen LogP contribution in [-0.4, -0.2) is 12.5 Å². The highest BCUT2D eigenvalue weighted by Gasteiger charge is 2.19. The van der Waals surface area contributed by atoms with Crippen LogP contribution < -0.4 is 11.1 Å². The van der Waals surface area contributed by atoms with Gasteiger partial charge in [0.25, 0.3) is 0 Å². The van der Waals surface area contributed by atoms with E-state index in [1.165, 1.54) is 11.1 Å². The topological polar surface area (TPSA) is 64.4 Å². The molecule has 0 aromatic heterocycles. The molecule has 2 aromatic carbocycles. The van der Waals surface area contributed by atoms with Gasteiger partial charge in [-0.3, -0.25) is 4.79 Å². The molecular formula is C17H18N2O2. The van der Waals surface area contributed by atoms with Gasteiger partial charge in [0.2, 0.25) is 5.91 Å². The first-order valence-corrected chi connectivity index (χ1v) is 7.02. The molecule has 4 heteroatoms. The van der Waals surface area contributed by atoms with Crippen LogP contribution in [-0.2, 0) is 17.9 Å². The molecule has 1 heterocycles. The summed E-state index contributed by atoms with van der Waals surface area (Å²) in [5.41, 5.74) is 9.39. The average molecular weight is 282 g/mol. The number of amides is 1. The van der Waals surface area contributed by atoms with Crippen LogP contribution in [0.3, 0.4) is 0 Å². The third kappa shape index (κ3) is 3.12. The minimum Gasteiger partial charge on any atom is -0.375 e. The first-order valence-electron chi connectivity index (χ1n) is 7.02. The number of nitrogens with one attached hydrogen (secondary N) is 1. The van der Waals surface area contributed by atoms with Crippen LogP contribution in [0.5, 0.6) is 0 Å². The second kappa shape index (κ2) is 6.08. The largest absolute Gasteiger partial charge is 0.375 e. The summed E-state index contributed by atoms with van der Waals surface area (Å²) in [5, 5.41) is 3.48. The van der Waals surface area contributed by atoms with Gasteiger partial charge in [-0.25, -0.2) is 0 Å². The number of primary amides is 1. The third-order valence-corrected chi connectivity index (χ3v) is 3.74. The number of rotatable bonds is 4. The van der Waals surface area contributed by atoms with E-state index in [-0.39, 0.29) is 6.04 Å². The van der Waals surface area contributed by atoms with Gasteiger partial charge in [0.05, 0.1) is 19.3 Å². The highest BCUT2D eigenvalue weighted by atomic mass is 16.5. The Hall–Kier alpha value is -2.17. The van der Waals surface area contributed by atoms with Gasteiger partial charge in [0, 0.05) is 12.1 Å². The fraction of sp³-hybridized carbons (Fsp3) is 0.235. The summed E-state index contributed by atoms with van der Waals surface area (Å²) in [6.07, 6.45) is 0. The number of nitrogens with two attached hydrogens (primary N) is 1. The normalized spacial score (nSPS) is 17.2. The van der Waals surface area contributed by atoms with E-state index in [0.29, 0.717) is 25.3 Å². The Labute approximate surface area is 123 Å². The number of benzene rings is 2. The molecule has 0 saturated carbocycles. The Bertz CT molecular complexity index is 655. The fourth-order valence-corrected chi connectivity index (χ4v) is 2.63. The molecule has 21 heavy (non-hydrogen) atoms. The molecule has 0 aliphatic carbocycles. The average Bonchev–Trinajstić information content (AvgIpc) is 2.53. The number of hydrogen-bond donors (Lipinski definition) is 2. The summed E-state index contributed by atoms with van der Waals surface area (Å²) in [4.78, 5) is 11.2. The van der Waals surface area contributed by atoms with Crippen molar-refractivity contribution in [3.05, 3.63) is 70.8 Å². The zero-order chi connectivity index (χ0) is 14.7. The predicted molar refractivity (Wildman–Crippen MR) is 80.6 cm³/mol. The molecule has 0 saturated heterocycles. The lowest BCUT2D eigenvalue weighted by Crippen LogP contribution is -2.29. The number of carbonyl (C=O) groups excluding carboxylic acids is 1. The number of hydrogen-bond acceptors (Lipinski definition) is 3. The van der Waals surface area contributed by atoms with Crippen molar-refractivity contribution in [3.8, 4) is 0 Å². The van der Waals surface area contributed by atoms with Gasteiger partial charge in [-0.2, -0.15) is 0 Å². The highest BCUT2D eigenvalue weighted by Crippen LogP contribution is 2.24. The van der Waals surface area contributed by atoms with Crippen molar-refractivity contribution in [2.75, 3.05) is 6.61 Å². The summed E-state index contributed by atoms with van der Waals surface area (Å²) >= 11 is 0. The van der Waals surface area contributed by atoms with Gasteiger partial charge >= 0.3 is 0 Å². The molecule has 1 unspecified atom stereocenters. The van der Waals surface area contributed by atoms with E-state index in [1.54, 1.807) is 6.07 Å². The summed E-state index contributed by atoms with van der Waals surface area (Å²) in [5.74, 6) is -0.400. The van der Waals surface area contributed by atoms with Gasteiger partial charge < -0.3 is 15.8 Å². The molecule has 3 N–H and O–H groups in total. The van der Waals surface area contributed by atoms with Crippen molar-refractivity contribution >= 4 is 5.91 Å². The first-order chi connectivity index (χ1) is 10.2. The molecule has 0 radical (unpaired) electrons. The SMILES string of the molecule is NC(=O)c1cccc(CNC2COCc3ccccc32)c1. The predicted octanol–water partition coefficient (Wildman–Crippen LogP) is 2.15. The Balaban J connectivity index is 1.71. The van der Waals surface area contributed by atoms with Crippen molar-refractivity contribution in [2.45, 2.75) is 19.2 Å². The van der Waals surface area contributed by atoms with E-state index >= 15 is 0 Å². The summed E-state index contributed by atoms with van der Waals surface area (Å²) in [6.45, 7) is 2.00. The minimum absolute atomic E-state index is 0.173. The van der Waals surface area contributed by atoms with E-state index in [9.17, 15) is 4.79 Å². The van der Waals surface area contributed by atoms with Crippen LogP contribution in [0.1, 0.15) is 33.1 Å². The van der Waals surface area contributed by atoms with Crippen molar-refractivity contribution in [1.29, 1.82) is 0 Å². The van der Waals surface area contributed by atoms with Crippen LogP contribution in [0.2, 0.25) is 0 Å². The standard InChI is InChI=1S/C17H18N2O2/c18-17(20)13-6-3-4-12(8-13)9-19-16-11-21-10-14-5-1-2-7-15(14)16/h1-8,16,19H,9-11H2,(H2,18,20). The fourth-order valence-electron chi connectivity index (χ4n) is 2.63. The monoisotopic (exact) mass is 282 g/mol. The van der Waals surface area contributed by atoms with Crippen LogP contribution >= 0.6 is 0 Å². The van der Waals surface area contributed by atoms with Crippen molar-refractivity contribution in [1.82, 2.24) is 5.32 Å². The maximum absolute atomic E-state index is 11.2. The summed E-state index contributed by atoms with van der Waals surface area (Å²) < 4.78 is 5.62. The molecule has 3 rings (SSSR count). The van der Waals surface area contributed by atoms with Gasteiger partial charge in [-0.05, 0) is 28.8 Å². The van der Waals surface area contributed by atoms with Crippen LogP contribution in [0.25, 0.3) is 0 Å². The maximum Gasteiger partial charge on any atom is 0.248 e. The molecule has 1 aliphatic rings. The lowest BCUT2D eigenvalue weighted by molar-refractivity contribution is 0.0816. The van der Waals surface area contributed by atoms with E-state index in [0.717, 1.165) is 5.56 Å². The van der Waals surface area contributed by atoms with Gasteiger partial charge in [-0.1, -0.05) is 36.4 Å². The Morgan fingerprint density at radius 2 is 2.10 bits per heavy atom. The summed E-state index contributed by atoms with van der Waals surface area (Å²) in [6, 6.07) is 15.9. The van der Waals surface area contributed by atoms with Crippen molar-refractivity contribution in [3.63, 3.8) is 0 Å². The quantitative estimate of drug-likeness (QED) is 0.903.